The molecular weight excluding hydrogens is 447 g/mol. The molecule has 0 bridgehead atoms. The first-order valence-electron chi connectivity index (χ1n) is 9.81. The number of rotatable bonds is 7. The lowest BCUT2D eigenvalue weighted by molar-refractivity contribution is -0.137. The Bertz CT molecular complexity index is 1030. The maximum atomic E-state index is 13.0. The van der Waals surface area contributed by atoms with Crippen molar-refractivity contribution in [2.45, 2.75) is 36.7 Å². The van der Waals surface area contributed by atoms with Crippen molar-refractivity contribution in [1.82, 2.24) is 5.64 Å². The molecule has 0 amide bonds. The van der Waals surface area contributed by atoms with Gasteiger partial charge in [0, 0.05) is 34.6 Å². The van der Waals surface area contributed by atoms with E-state index in [4.69, 9.17) is 24.9 Å². The maximum absolute atomic E-state index is 13.0. The summed E-state index contributed by atoms with van der Waals surface area (Å²) in [6.07, 6.45) is -2.89. The molecule has 0 fully saturated rings. The summed E-state index contributed by atoms with van der Waals surface area (Å²) in [7, 11) is 3.06. The molecule has 3 N–H and O–H groups in total. The van der Waals surface area contributed by atoms with Crippen LogP contribution in [0.25, 0.3) is 0 Å². The van der Waals surface area contributed by atoms with Gasteiger partial charge in [-0.25, -0.2) is 4.40 Å². The molecule has 0 spiro atoms. The van der Waals surface area contributed by atoms with Crippen molar-refractivity contribution in [2.75, 3.05) is 14.2 Å². The number of alkyl halides is 3. The maximum Gasteiger partial charge on any atom is 0.416 e. The van der Waals surface area contributed by atoms with E-state index in [1.165, 1.54) is 25.1 Å². The van der Waals surface area contributed by atoms with Gasteiger partial charge in [-0.15, -0.1) is 0 Å². The van der Waals surface area contributed by atoms with Crippen LogP contribution in [0.15, 0.2) is 34.7 Å². The summed E-state index contributed by atoms with van der Waals surface area (Å²) < 4.78 is 54.4. The van der Waals surface area contributed by atoms with Crippen molar-refractivity contribution in [3.8, 4) is 23.0 Å². The zero-order valence-electron chi connectivity index (χ0n) is 17.4. The first-order chi connectivity index (χ1) is 15.3. The highest BCUT2D eigenvalue weighted by Gasteiger charge is 2.32. The third-order valence-electron chi connectivity index (χ3n) is 5.28. The van der Waals surface area contributed by atoms with Crippen molar-refractivity contribution >= 4 is 17.7 Å². The van der Waals surface area contributed by atoms with Crippen LogP contribution in [0, 0.1) is 0 Å². The Labute approximate surface area is 187 Å². The molecule has 0 aromatic heterocycles. The molecule has 7 nitrogen and oxygen atoms in total. The van der Waals surface area contributed by atoms with Crippen LogP contribution < -0.4 is 30.5 Å². The molecular formula is C21H22F3N3O4S. The second-order valence-corrected chi connectivity index (χ2v) is 8.50. The lowest BCUT2D eigenvalue weighted by atomic mass is 9.96. The van der Waals surface area contributed by atoms with E-state index in [0.717, 1.165) is 23.4 Å². The molecule has 2 aromatic carbocycles. The van der Waals surface area contributed by atoms with Gasteiger partial charge in [-0.1, -0.05) is 18.2 Å². The smallest absolute Gasteiger partial charge is 0.416 e. The van der Waals surface area contributed by atoms with Crippen LogP contribution in [-0.4, -0.2) is 31.2 Å². The lowest BCUT2D eigenvalue weighted by Gasteiger charge is -2.17. The molecule has 2 atom stereocenters. The molecule has 0 aliphatic carbocycles. The van der Waals surface area contributed by atoms with Crippen LogP contribution in [0.5, 0.6) is 23.0 Å². The first-order valence-corrected chi connectivity index (χ1v) is 10.6. The van der Waals surface area contributed by atoms with Gasteiger partial charge in [-0.05, 0) is 42.5 Å². The number of nitrogens with one attached hydrogen (secondary N) is 1. The Hall–Kier alpha value is -2.63. The number of benzene rings is 2. The van der Waals surface area contributed by atoms with Gasteiger partial charge >= 0.3 is 6.18 Å². The normalized spacial score (nSPS) is 18.4. The van der Waals surface area contributed by atoms with E-state index in [1.807, 2.05) is 6.07 Å². The van der Waals surface area contributed by atoms with Gasteiger partial charge in [0.25, 0.3) is 0 Å². The fourth-order valence-electron chi connectivity index (χ4n) is 3.76. The molecule has 2 aliphatic heterocycles. The second kappa shape index (κ2) is 9.08. The highest BCUT2D eigenvalue weighted by molar-refractivity contribution is 7.99. The third kappa shape index (κ3) is 4.59. The number of ether oxygens (including phenoxy) is 2. The minimum atomic E-state index is -4.38. The van der Waals surface area contributed by atoms with Crippen LogP contribution in [0.2, 0.25) is 0 Å². The first kappa shape index (κ1) is 22.6. The highest BCUT2D eigenvalue weighted by Crippen LogP contribution is 2.49. The SMILES string of the molecule is COc1c(CC2CC(C(N)Cc3cccc(C(F)(F)F)c3)=NS2)cc2c(c1OC)ONO2. The molecule has 0 saturated heterocycles. The number of nitrogens with zero attached hydrogens (tertiary/aromatic N) is 1. The largest absolute Gasteiger partial charge is 0.492 e. The molecule has 32 heavy (non-hydrogen) atoms. The van der Waals surface area contributed by atoms with Gasteiger partial charge in [0.05, 0.1) is 19.8 Å². The van der Waals surface area contributed by atoms with E-state index >= 15 is 0 Å². The van der Waals surface area contributed by atoms with Gasteiger partial charge in [0.15, 0.2) is 11.5 Å². The van der Waals surface area contributed by atoms with Gasteiger partial charge in [-0.2, -0.15) is 13.2 Å². The van der Waals surface area contributed by atoms with Crippen LogP contribution >= 0.6 is 11.9 Å². The van der Waals surface area contributed by atoms with E-state index in [0.29, 0.717) is 41.4 Å². The standard InChI is InChI=1S/C21H22F3N3O4S/c1-28-18-12(9-17-19(20(18)29-2)31-27-30-17)8-14-10-16(26-32-14)15(25)7-11-4-3-5-13(6-11)21(22,23)24/h3-6,9,14-15,27H,7-8,10,25H2,1-2H3. The summed E-state index contributed by atoms with van der Waals surface area (Å²) in [5.74, 6) is 1.87. The Morgan fingerprint density at radius 3 is 2.72 bits per heavy atom. The number of fused-ring (bicyclic) bond motifs is 1. The van der Waals surface area contributed by atoms with Crippen molar-refractivity contribution in [1.29, 1.82) is 0 Å². The van der Waals surface area contributed by atoms with E-state index in [-0.39, 0.29) is 11.7 Å². The van der Waals surface area contributed by atoms with Crippen molar-refractivity contribution in [3.05, 3.63) is 47.0 Å². The predicted molar refractivity (Wildman–Crippen MR) is 114 cm³/mol. The molecule has 172 valence electrons. The zero-order valence-corrected chi connectivity index (χ0v) is 18.2. The molecule has 0 radical (unpaired) electrons. The fraction of sp³-hybridized carbons (Fsp3) is 0.381. The van der Waals surface area contributed by atoms with Gasteiger partial charge < -0.3 is 24.9 Å². The minimum absolute atomic E-state index is 0.0875. The topological polar surface area (TPSA) is 87.3 Å². The molecule has 4 rings (SSSR count). The van der Waals surface area contributed by atoms with Crippen molar-refractivity contribution in [2.24, 2.45) is 10.1 Å². The van der Waals surface area contributed by atoms with Crippen molar-refractivity contribution in [3.63, 3.8) is 0 Å². The lowest BCUT2D eigenvalue weighted by Crippen LogP contribution is -2.32. The number of hydrogen-bond acceptors (Lipinski definition) is 8. The Morgan fingerprint density at radius 2 is 2.00 bits per heavy atom. The molecule has 0 saturated carbocycles. The van der Waals surface area contributed by atoms with Crippen molar-refractivity contribution < 1.29 is 32.3 Å². The Kier molecular flexibility index (Phi) is 6.40. The fourth-order valence-corrected chi connectivity index (χ4v) is 4.75. The van der Waals surface area contributed by atoms with Gasteiger partial charge in [-0.3, -0.25) is 0 Å². The monoisotopic (exact) mass is 469 g/mol. The van der Waals surface area contributed by atoms with E-state index in [9.17, 15) is 13.2 Å². The van der Waals surface area contributed by atoms with E-state index in [2.05, 4.69) is 10.0 Å². The Balaban J connectivity index is 1.43. The summed E-state index contributed by atoms with van der Waals surface area (Å²) in [6, 6.07) is 6.58. The molecule has 2 aromatic rings. The number of hydrogen-bond donors (Lipinski definition) is 2. The van der Waals surface area contributed by atoms with E-state index in [1.54, 1.807) is 13.2 Å². The van der Waals surface area contributed by atoms with E-state index < -0.39 is 17.8 Å². The van der Waals surface area contributed by atoms with Crippen LogP contribution in [0.3, 0.4) is 0 Å². The third-order valence-corrected chi connectivity index (χ3v) is 6.25. The van der Waals surface area contributed by atoms with Gasteiger partial charge in [0.2, 0.25) is 11.5 Å². The number of nitrogens with two attached hydrogens (primary N) is 1. The number of halogens is 3. The average Bonchev–Trinajstić information content (AvgIpc) is 3.42. The molecule has 2 heterocycles. The number of methoxy groups -OCH3 is 2. The Morgan fingerprint density at radius 1 is 1.22 bits per heavy atom. The summed E-state index contributed by atoms with van der Waals surface area (Å²) in [6.45, 7) is 0. The quantitative estimate of drug-likeness (QED) is 0.595. The zero-order chi connectivity index (χ0) is 22.9. The van der Waals surface area contributed by atoms with Crippen LogP contribution in [0.4, 0.5) is 13.2 Å². The summed E-state index contributed by atoms with van der Waals surface area (Å²) in [4.78, 5) is 10.5. The summed E-state index contributed by atoms with van der Waals surface area (Å²) in [5.41, 5.74) is 10.1. The average molecular weight is 469 g/mol. The summed E-state index contributed by atoms with van der Waals surface area (Å²) in [5, 5.41) is 0.0875. The highest BCUT2D eigenvalue weighted by atomic mass is 32.2. The molecule has 2 aliphatic rings. The summed E-state index contributed by atoms with van der Waals surface area (Å²) >= 11 is 1.40. The molecule has 11 heteroatoms. The minimum Gasteiger partial charge on any atom is -0.492 e. The van der Waals surface area contributed by atoms with Crippen LogP contribution in [-0.2, 0) is 19.0 Å². The van der Waals surface area contributed by atoms with Gasteiger partial charge in [0.1, 0.15) is 0 Å². The predicted octanol–water partition coefficient (Wildman–Crippen LogP) is 3.89. The van der Waals surface area contributed by atoms with Crippen LogP contribution in [0.1, 0.15) is 23.1 Å². The molecule has 2 unspecified atom stereocenters. The second-order valence-electron chi connectivity index (χ2n) is 7.44.